The minimum atomic E-state index is -0.0786. The number of thioether (sulfide) groups is 1. The van der Waals surface area contributed by atoms with E-state index in [4.69, 9.17) is 4.74 Å². The van der Waals surface area contributed by atoms with Crippen LogP contribution in [0.15, 0.2) is 29.2 Å². The van der Waals surface area contributed by atoms with Crippen molar-refractivity contribution in [1.82, 2.24) is 5.32 Å². The zero-order chi connectivity index (χ0) is 13.0. The molecule has 2 atom stereocenters. The third kappa shape index (κ3) is 3.27. The Hall–Kier alpha value is -1.00. The summed E-state index contributed by atoms with van der Waals surface area (Å²) in [5.41, 5.74) is 1.26. The van der Waals surface area contributed by atoms with E-state index in [9.17, 15) is 4.79 Å². The van der Waals surface area contributed by atoms with Crippen LogP contribution in [0.2, 0.25) is 0 Å². The zero-order valence-corrected chi connectivity index (χ0v) is 11.6. The van der Waals surface area contributed by atoms with Gasteiger partial charge in [0.2, 0.25) is 0 Å². The largest absolute Gasteiger partial charge is 0.465 e. The predicted molar refractivity (Wildman–Crippen MR) is 73.8 cm³/mol. The number of carbonyl (C=O) groups excluding carboxylic acids is 1. The van der Waals surface area contributed by atoms with E-state index in [2.05, 4.69) is 37.4 Å². The van der Waals surface area contributed by atoms with Gasteiger partial charge < -0.3 is 10.1 Å². The summed E-state index contributed by atoms with van der Waals surface area (Å²) in [6.45, 7) is 5.76. The molecule has 1 aliphatic rings. The zero-order valence-electron chi connectivity index (χ0n) is 10.8. The van der Waals surface area contributed by atoms with Gasteiger partial charge in [0.1, 0.15) is 5.25 Å². The Labute approximate surface area is 112 Å². The lowest BCUT2D eigenvalue weighted by Crippen LogP contribution is -2.17. The van der Waals surface area contributed by atoms with Crippen molar-refractivity contribution in [3.8, 4) is 0 Å². The number of hydrogen-bond acceptors (Lipinski definition) is 4. The smallest absolute Gasteiger partial charge is 0.319 e. The van der Waals surface area contributed by atoms with Crippen molar-refractivity contribution in [3.63, 3.8) is 0 Å². The molecule has 0 aromatic heterocycles. The first-order valence-corrected chi connectivity index (χ1v) is 7.25. The van der Waals surface area contributed by atoms with Gasteiger partial charge in [-0.2, -0.15) is 0 Å². The number of nitrogens with one attached hydrogen (secondary N) is 1. The standard InChI is InChI=1S/C14H19NO2S/c1-3-15-10(2)11-5-4-6-12(9-11)18-13-7-8-17-14(13)16/h4-6,9-10,13,15H,3,7-8H2,1-2H3. The van der Waals surface area contributed by atoms with E-state index in [0.29, 0.717) is 12.6 Å². The molecule has 1 fully saturated rings. The van der Waals surface area contributed by atoms with Crippen LogP contribution in [0.3, 0.4) is 0 Å². The summed E-state index contributed by atoms with van der Waals surface area (Å²) < 4.78 is 4.98. The summed E-state index contributed by atoms with van der Waals surface area (Å²) in [5, 5.41) is 3.36. The van der Waals surface area contributed by atoms with Crippen molar-refractivity contribution in [1.29, 1.82) is 0 Å². The molecule has 0 aliphatic carbocycles. The predicted octanol–water partition coefficient (Wildman–Crippen LogP) is 2.76. The van der Waals surface area contributed by atoms with Crippen molar-refractivity contribution in [2.24, 2.45) is 0 Å². The van der Waals surface area contributed by atoms with Crippen molar-refractivity contribution < 1.29 is 9.53 Å². The second-order valence-corrected chi connectivity index (χ2v) is 5.69. The molecule has 1 aliphatic heterocycles. The summed E-state index contributed by atoms with van der Waals surface area (Å²) in [4.78, 5) is 12.6. The van der Waals surface area contributed by atoms with Crippen LogP contribution in [-0.2, 0) is 9.53 Å². The van der Waals surface area contributed by atoms with Crippen LogP contribution in [0.5, 0.6) is 0 Å². The topological polar surface area (TPSA) is 38.3 Å². The average Bonchev–Trinajstić information content (AvgIpc) is 2.76. The Bertz CT molecular complexity index is 422. The lowest BCUT2D eigenvalue weighted by atomic mass is 10.1. The lowest BCUT2D eigenvalue weighted by Gasteiger charge is -2.14. The highest BCUT2D eigenvalue weighted by molar-refractivity contribution is 8.00. The molecule has 1 aromatic rings. The highest BCUT2D eigenvalue weighted by Crippen LogP contribution is 2.30. The van der Waals surface area contributed by atoms with E-state index >= 15 is 0 Å². The monoisotopic (exact) mass is 265 g/mol. The van der Waals surface area contributed by atoms with Crippen LogP contribution in [0.4, 0.5) is 0 Å². The summed E-state index contributed by atoms with van der Waals surface area (Å²) in [7, 11) is 0. The van der Waals surface area contributed by atoms with Gasteiger partial charge in [-0.1, -0.05) is 19.1 Å². The number of cyclic esters (lactones) is 1. The highest BCUT2D eigenvalue weighted by atomic mass is 32.2. The van der Waals surface area contributed by atoms with E-state index in [0.717, 1.165) is 17.9 Å². The molecule has 1 aromatic carbocycles. The van der Waals surface area contributed by atoms with Gasteiger partial charge in [0.05, 0.1) is 6.61 Å². The summed E-state index contributed by atoms with van der Waals surface area (Å²) in [6, 6.07) is 8.71. The first-order chi connectivity index (χ1) is 8.70. The number of esters is 1. The SMILES string of the molecule is CCNC(C)c1cccc(SC2CCOC2=O)c1. The molecule has 0 saturated carbocycles. The van der Waals surface area contributed by atoms with Gasteiger partial charge in [-0.25, -0.2) is 0 Å². The molecule has 3 nitrogen and oxygen atoms in total. The highest BCUT2D eigenvalue weighted by Gasteiger charge is 2.27. The van der Waals surface area contributed by atoms with Gasteiger partial charge in [0.15, 0.2) is 0 Å². The first kappa shape index (κ1) is 13.4. The van der Waals surface area contributed by atoms with E-state index < -0.39 is 0 Å². The van der Waals surface area contributed by atoms with Gasteiger partial charge in [0, 0.05) is 17.4 Å². The van der Waals surface area contributed by atoms with Gasteiger partial charge in [0.25, 0.3) is 0 Å². The van der Waals surface area contributed by atoms with Crippen molar-refractivity contribution in [3.05, 3.63) is 29.8 Å². The minimum absolute atomic E-state index is 0.0327. The molecule has 2 rings (SSSR count). The maximum atomic E-state index is 11.4. The van der Waals surface area contributed by atoms with E-state index in [1.54, 1.807) is 11.8 Å². The Kier molecular flexibility index (Phi) is 4.66. The van der Waals surface area contributed by atoms with Gasteiger partial charge in [-0.15, -0.1) is 11.8 Å². The first-order valence-electron chi connectivity index (χ1n) is 6.37. The van der Waals surface area contributed by atoms with E-state index in [-0.39, 0.29) is 11.2 Å². The maximum absolute atomic E-state index is 11.4. The van der Waals surface area contributed by atoms with Crippen LogP contribution >= 0.6 is 11.8 Å². The van der Waals surface area contributed by atoms with Crippen LogP contribution in [0.25, 0.3) is 0 Å². The number of carbonyl (C=O) groups is 1. The third-order valence-electron chi connectivity index (χ3n) is 3.03. The summed E-state index contributed by atoms with van der Waals surface area (Å²) >= 11 is 1.61. The van der Waals surface area contributed by atoms with Gasteiger partial charge in [-0.3, -0.25) is 4.79 Å². The molecule has 0 spiro atoms. The fourth-order valence-corrected chi connectivity index (χ4v) is 3.10. The Balaban J connectivity index is 2.05. The molecule has 1 saturated heterocycles. The molecular weight excluding hydrogens is 246 g/mol. The Morgan fingerprint density at radius 2 is 2.39 bits per heavy atom. The fourth-order valence-electron chi connectivity index (χ4n) is 2.03. The molecule has 18 heavy (non-hydrogen) atoms. The fraction of sp³-hybridized carbons (Fsp3) is 0.500. The van der Waals surface area contributed by atoms with E-state index in [1.807, 2.05) is 6.07 Å². The molecule has 2 unspecified atom stereocenters. The number of benzene rings is 1. The summed E-state index contributed by atoms with van der Waals surface area (Å²) in [6.07, 6.45) is 0.816. The van der Waals surface area contributed by atoms with Crippen molar-refractivity contribution >= 4 is 17.7 Å². The minimum Gasteiger partial charge on any atom is -0.465 e. The van der Waals surface area contributed by atoms with Crippen LogP contribution < -0.4 is 5.32 Å². The second-order valence-electron chi connectivity index (χ2n) is 4.41. The summed E-state index contributed by atoms with van der Waals surface area (Å²) in [5.74, 6) is -0.0786. The number of ether oxygens (including phenoxy) is 1. The van der Waals surface area contributed by atoms with E-state index in [1.165, 1.54) is 5.56 Å². The molecule has 1 heterocycles. The lowest BCUT2D eigenvalue weighted by molar-refractivity contribution is -0.137. The molecule has 0 amide bonds. The molecule has 1 N–H and O–H groups in total. The molecule has 0 radical (unpaired) electrons. The van der Waals surface area contributed by atoms with Crippen molar-refractivity contribution in [2.45, 2.75) is 36.5 Å². The normalized spacial score (nSPS) is 20.8. The average molecular weight is 265 g/mol. The Morgan fingerprint density at radius 3 is 3.06 bits per heavy atom. The van der Waals surface area contributed by atoms with Gasteiger partial charge in [-0.05, 0) is 31.2 Å². The van der Waals surface area contributed by atoms with Crippen LogP contribution in [0, 0.1) is 0 Å². The third-order valence-corrected chi connectivity index (χ3v) is 4.27. The Morgan fingerprint density at radius 1 is 1.56 bits per heavy atom. The van der Waals surface area contributed by atoms with Crippen LogP contribution in [-0.4, -0.2) is 24.4 Å². The molecule has 4 heteroatoms. The van der Waals surface area contributed by atoms with Crippen LogP contribution in [0.1, 0.15) is 31.9 Å². The molecular formula is C14H19NO2S. The molecule has 98 valence electrons. The maximum Gasteiger partial charge on any atom is 0.319 e. The quantitative estimate of drug-likeness (QED) is 0.831. The molecule has 0 bridgehead atoms. The number of hydrogen-bond donors (Lipinski definition) is 1. The number of rotatable bonds is 5. The van der Waals surface area contributed by atoms with Gasteiger partial charge >= 0.3 is 5.97 Å². The van der Waals surface area contributed by atoms with Crippen molar-refractivity contribution in [2.75, 3.05) is 13.2 Å². The second kappa shape index (κ2) is 6.25.